The topological polar surface area (TPSA) is 9.23 Å². The molecule has 1 aromatic rings. The smallest absolute Gasteiger partial charge is 0.122 e. The molecule has 70 valence electrons. The fraction of sp³-hybridized carbons (Fsp3) is 0.333. The van der Waals surface area contributed by atoms with Crippen molar-refractivity contribution >= 4 is 6.08 Å². The number of allylic oxidation sites excluding steroid dienone is 1. The van der Waals surface area contributed by atoms with Gasteiger partial charge in [-0.05, 0) is 49.6 Å². The van der Waals surface area contributed by atoms with Gasteiger partial charge in [0.25, 0.3) is 0 Å². The first-order chi connectivity index (χ1) is 6.19. The lowest BCUT2D eigenvalue weighted by Crippen LogP contribution is -1.90. The van der Waals surface area contributed by atoms with E-state index in [1.807, 2.05) is 13.0 Å². The van der Waals surface area contributed by atoms with Gasteiger partial charge in [0.1, 0.15) is 5.75 Å². The van der Waals surface area contributed by atoms with E-state index in [0.717, 1.165) is 5.75 Å². The van der Waals surface area contributed by atoms with Gasteiger partial charge in [0, 0.05) is 0 Å². The lowest BCUT2D eigenvalue weighted by atomic mass is 10.0. The molecule has 0 aliphatic heterocycles. The first-order valence-corrected chi connectivity index (χ1v) is 4.47. The van der Waals surface area contributed by atoms with Crippen LogP contribution >= 0.6 is 0 Å². The number of rotatable bonds is 2. The van der Waals surface area contributed by atoms with Gasteiger partial charge in [-0.3, -0.25) is 0 Å². The fourth-order valence-corrected chi connectivity index (χ4v) is 1.39. The average molecular weight is 176 g/mol. The van der Waals surface area contributed by atoms with E-state index < -0.39 is 0 Å². The summed E-state index contributed by atoms with van der Waals surface area (Å²) in [4.78, 5) is 0. The summed E-state index contributed by atoms with van der Waals surface area (Å²) in [5.74, 6) is 0.964. The van der Waals surface area contributed by atoms with Gasteiger partial charge in [-0.15, -0.1) is 0 Å². The molecule has 0 aromatic heterocycles. The minimum atomic E-state index is 0.964. The third-order valence-corrected chi connectivity index (χ3v) is 2.13. The molecule has 0 bridgehead atoms. The van der Waals surface area contributed by atoms with Gasteiger partial charge in [0.05, 0.1) is 7.11 Å². The van der Waals surface area contributed by atoms with Gasteiger partial charge >= 0.3 is 0 Å². The van der Waals surface area contributed by atoms with Gasteiger partial charge in [-0.25, -0.2) is 0 Å². The summed E-state index contributed by atoms with van der Waals surface area (Å²) in [5.41, 5.74) is 3.70. The minimum absolute atomic E-state index is 0.964. The molecule has 0 radical (unpaired) electrons. The normalized spacial score (nSPS) is 10.8. The van der Waals surface area contributed by atoms with E-state index in [1.165, 1.54) is 16.7 Å². The molecule has 0 spiro atoms. The van der Waals surface area contributed by atoms with Crippen LogP contribution in [0.5, 0.6) is 5.75 Å². The summed E-state index contributed by atoms with van der Waals surface area (Å²) in [6, 6.07) is 4.22. The summed E-state index contributed by atoms with van der Waals surface area (Å²) < 4.78 is 5.23. The van der Waals surface area contributed by atoms with Crippen LogP contribution in [0.15, 0.2) is 18.2 Å². The maximum Gasteiger partial charge on any atom is 0.122 e. The van der Waals surface area contributed by atoms with Crippen molar-refractivity contribution in [2.75, 3.05) is 7.11 Å². The highest BCUT2D eigenvalue weighted by molar-refractivity contribution is 5.57. The molecule has 0 unspecified atom stereocenters. The zero-order chi connectivity index (χ0) is 9.84. The molecule has 1 aromatic carbocycles. The highest BCUT2D eigenvalue weighted by Gasteiger charge is 2.01. The highest BCUT2D eigenvalue weighted by atomic mass is 16.5. The van der Waals surface area contributed by atoms with Gasteiger partial charge in [-0.2, -0.15) is 0 Å². The van der Waals surface area contributed by atoms with E-state index in [0.29, 0.717) is 0 Å². The highest BCUT2D eigenvalue weighted by Crippen LogP contribution is 2.23. The van der Waals surface area contributed by atoms with Crippen molar-refractivity contribution in [1.29, 1.82) is 0 Å². The van der Waals surface area contributed by atoms with Gasteiger partial charge in [0.2, 0.25) is 0 Å². The second-order valence-corrected chi connectivity index (χ2v) is 3.18. The molecule has 1 heteroatoms. The number of aryl methyl sites for hydroxylation is 2. The van der Waals surface area contributed by atoms with Crippen LogP contribution < -0.4 is 4.74 Å². The molecular formula is C12H16O. The molecule has 0 fully saturated rings. The molecule has 13 heavy (non-hydrogen) atoms. The SMILES string of the molecule is C/C=C\c1cc(C)c(OC)cc1C. The Hall–Kier alpha value is -1.24. The van der Waals surface area contributed by atoms with Crippen LogP contribution in [0.4, 0.5) is 0 Å². The van der Waals surface area contributed by atoms with E-state index in [1.54, 1.807) is 7.11 Å². The Morgan fingerprint density at radius 3 is 2.38 bits per heavy atom. The molecular weight excluding hydrogens is 160 g/mol. The first kappa shape index (κ1) is 9.85. The Morgan fingerprint density at radius 2 is 1.85 bits per heavy atom. The Balaban J connectivity index is 3.20. The number of ether oxygens (including phenoxy) is 1. The van der Waals surface area contributed by atoms with E-state index in [-0.39, 0.29) is 0 Å². The summed E-state index contributed by atoms with van der Waals surface area (Å²) in [7, 11) is 1.71. The van der Waals surface area contributed by atoms with E-state index in [2.05, 4.69) is 32.1 Å². The Labute approximate surface area is 80.0 Å². The van der Waals surface area contributed by atoms with E-state index in [4.69, 9.17) is 4.74 Å². The summed E-state index contributed by atoms with van der Waals surface area (Å²) in [5, 5.41) is 0. The second kappa shape index (κ2) is 4.13. The maximum absolute atomic E-state index is 5.23. The molecule has 0 saturated heterocycles. The molecule has 0 aliphatic rings. The summed E-state index contributed by atoms with van der Waals surface area (Å²) in [6.07, 6.45) is 4.16. The predicted octanol–water partition coefficient (Wildman–Crippen LogP) is 3.35. The molecule has 0 heterocycles. The Kier molecular flexibility index (Phi) is 3.13. The van der Waals surface area contributed by atoms with Crippen LogP contribution in [0.25, 0.3) is 6.08 Å². The standard InChI is InChI=1S/C12H16O/c1-5-6-11-7-10(3)12(13-4)8-9(11)2/h5-8H,1-4H3/b6-5-. The van der Waals surface area contributed by atoms with Crippen LogP contribution in [0, 0.1) is 13.8 Å². The third kappa shape index (κ3) is 2.11. The van der Waals surface area contributed by atoms with Crippen LogP contribution in [-0.2, 0) is 0 Å². The van der Waals surface area contributed by atoms with Crippen LogP contribution in [0.3, 0.4) is 0 Å². The lowest BCUT2D eigenvalue weighted by Gasteiger charge is -2.08. The lowest BCUT2D eigenvalue weighted by molar-refractivity contribution is 0.411. The zero-order valence-electron chi connectivity index (χ0n) is 8.72. The van der Waals surface area contributed by atoms with Crippen molar-refractivity contribution in [3.63, 3.8) is 0 Å². The molecule has 0 saturated carbocycles. The Bertz CT molecular complexity index is 324. The van der Waals surface area contributed by atoms with Gasteiger partial charge < -0.3 is 4.74 Å². The monoisotopic (exact) mass is 176 g/mol. The van der Waals surface area contributed by atoms with Crippen LogP contribution in [0.2, 0.25) is 0 Å². The van der Waals surface area contributed by atoms with Crippen molar-refractivity contribution in [2.24, 2.45) is 0 Å². The molecule has 0 atom stereocenters. The molecule has 0 N–H and O–H groups in total. The van der Waals surface area contributed by atoms with Crippen LogP contribution in [-0.4, -0.2) is 7.11 Å². The summed E-state index contributed by atoms with van der Waals surface area (Å²) in [6.45, 7) is 6.18. The molecule has 0 aliphatic carbocycles. The van der Waals surface area contributed by atoms with Crippen molar-refractivity contribution in [3.05, 3.63) is 34.9 Å². The van der Waals surface area contributed by atoms with E-state index in [9.17, 15) is 0 Å². The number of hydrogen-bond donors (Lipinski definition) is 0. The molecule has 0 amide bonds. The minimum Gasteiger partial charge on any atom is -0.496 e. The van der Waals surface area contributed by atoms with Crippen molar-refractivity contribution in [3.8, 4) is 5.75 Å². The molecule has 1 rings (SSSR count). The van der Waals surface area contributed by atoms with Crippen molar-refractivity contribution < 1.29 is 4.74 Å². The Morgan fingerprint density at radius 1 is 1.15 bits per heavy atom. The third-order valence-electron chi connectivity index (χ3n) is 2.13. The molecule has 1 nitrogen and oxygen atoms in total. The number of methoxy groups -OCH3 is 1. The second-order valence-electron chi connectivity index (χ2n) is 3.18. The average Bonchev–Trinajstić information content (AvgIpc) is 2.11. The number of benzene rings is 1. The summed E-state index contributed by atoms with van der Waals surface area (Å²) >= 11 is 0. The first-order valence-electron chi connectivity index (χ1n) is 4.47. The fourth-order valence-electron chi connectivity index (χ4n) is 1.39. The largest absolute Gasteiger partial charge is 0.496 e. The zero-order valence-corrected chi connectivity index (χ0v) is 8.72. The van der Waals surface area contributed by atoms with Crippen molar-refractivity contribution in [2.45, 2.75) is 20.8 Å². The van der Waals surface area contributed by atoms with Crippen LogP contribution in [0.1, 0.15) is 23.6 Å². The van der Waals surface area contributed by atoms with Gasteiger partial charge in [-0.1, -0.05) is 12.2 Å². The predicted molar refractivity (Wildman–Crippen MR) is 57.2 cm³/mol. The van der Waals surface area contributed by atoms with E-state index >= 15 is 0 Å². The van der Waals surface area contributed by atoms with Gasteiger partial charge in [0.15, 0.2) is 0 Å². The maximum atomic E-state index is 5.23. The number of hydrogen-bond acceptors (Lipinski definition) is 1. The van der Waals surface area contributed by atoms with Crippen molar-refractivity contribution in [1.82, 2.24) is 0 Å². The quantitative estimate of drug-likeness (QED) is 0.671.